The lowest BCUT2D eigenvalue weighted by Crippen LogP contribution is -2.25. The molecular weight excluding hydrogens is 262 g/mol. The average molecular weight is 277 g/mol. The summed E-state index contributed by atoms with van der Waals surface area (Å²) in [6, 6.07) is 4.79. The Morgan fingerprint density at radius 1 is 1.20 bits per heavy atom. The van der Waals surface area contributed by atoms with Gasteiger partial charge in [-0.3, -0.25) is 14.9 Å². The van der Waals surface area contributed by atoms with E-state index in [4.69, 9.17) is 4.74 Å². The summed E-state index contributed by atoms with van der Waals surface area (Å²) in [4.78, 5) is 33.6. The Morgan fingerprint density at radius 2 is 1.90 bits per heavy atom. The molecule has 1 rings (SSSR count). The fourth-order valence-corrected chi connectivity index (χ4v) is 1.49. The highest BCUT2D eigenvalue weighted by molar-refractivity contribution is 6.02. The van der Waals surface area contributed by atoms with Gasteiger partial charge in [0.25, 0.3) is 5.91 Å². The molecule has 0 aliphatic heterocycles. The molecule has 0 aliphatic rings. The standard InChI is InChI=1S/C14H15NO5/c1-9(16)15-13(17)7-5-10-4-6-12(19-2)11(8-10)14(18)20-3/h4-8H,1-3H3,(H,15,16,17)/b7-5+. The number of hydrogen-bond acceptors (Lipinski definition) is 5. The van der Waals surface area contributed by atoms with E-state index in [0.29, 0.717) is 11.3 Å². The van der Waals surface area contributed by atoms with Crippen LogP contribution < -0.4 is 10.1 Å². The maximum absolute atomic E-state index is 11.6. The van der Waals surface area contributed by atoms with Crippen LogP contribution in [0.15, 0.2) is 24.3 Å². The predicted molar refractivity (Wildman–Crippen MR) is 72.2 cm³/mol. The summed E-state index contributed by atoms with van der Waals surface area (Å²) in [7, 11) is 2.71. The Morgan fingerprint density at radius 3 is 2.45 bits per heavy atom. The van der Waals surface area contributed by atoms with E-state index in [1.807, 2.05) is 0 Å². The van der Waals surface area contributed by atoms with Crippen molar-refractivity contribution in [3.63, 3.8) is 0 Å². The minimum Gasteiger partial charge on any atom is -0.496 e. The van der Waals surface area contributed by atoms with E-state index in [2.05, 4.69) is 10.1 Å². The third kappa shape index (κ3) is 4.24. The highest BCUT2D eigenvalue weighted by atomic mass is 16.5. The van der Waals surface area contributed by atoms with Crippen LogP contribution >= 0.6 is 0 Å². The van der Waals surface area contributed by atoms with E-state index in [0.717, 1.165) is 0 Å². The van der Waals surface area contributed by atoms with Crippen LogP contribution in [0.5, 0.6) is 5.75 Å². The molecule has 0 saturated carbocycles. The van der Waals surface area contributed by atoms with Gasteiger partial charge in [0.2, 0.25) is 5.91 Å². The first-order chi connectivity index (χ1) is 9.47. The molecule has 20 heavy (non-hydrogen) atoms. The van der Waals surface area contributed by atoms with E-state index in [1.165, 1.54) is 39.4 Å². The molecule has 6 heteroatoms. The third-order valence-electron chi connectivity index (χ3n) is 2.36. The summed E-state index contributed by atoms with van der Waals surface area (Å²) >= 11 is 0. The lowest BCUT2D eigenvalue weighted by atomic mass is 10.1. The average Bonchev–Trinajstić information content (AvgIpc) is 2.43. The van der Waals surface area contributed by atoms with Crippen LogP contribution in [0.2, 0.25) is 0 Å². The quantitative estimate of drug-likeness (QED) is 0.659. The van der Waals surface area contributed by atoms with E-state index in [-0.39, 0.29) is 5.56 Å². The number of carbonyl (C=O) groups excluding carboxylic acids is 3. The van der Waals surface area contributed by atoms with Crippen molar-refractivity contribution >= 4 is 23.9 Å². The number of esters is 1. The molecule has 0 atom stereocenters. The maximum Gasteiger partial charge on any atom is 0.341 e. The van der Waals surface area contributed by atoms with Gasteiger partial charge >= 0.3 is 5.97 Å². The monoisotopic (exact) mass is 277 g/mol. The number of carbonyl (C=O) groups is 3. The maximum atomic E-state index is 11.6. The molecule has 6 nitrogen and oxygen atoms in total. The van der Waals surface area contributed by atoms with Crippen LogP contribution in [0.25, 0.3) is 6.08 Å². The fraction of sp³-hybridized carbons (Fsp3) is 0.214. The van der Waals surface area contributed by atoms with Crippen molar-refractivity contribution < 1.29 is 23.9 Å². The van der Waals surface area contributed by atoms with Crippen molar-refractivity contribution in [2.75, 3.05) is 14.2 Å². The summed E-state index contributed by atoms with van der Waals surface area (Å²) in [6.07, 6.45) is 2.68. The molecule has 0 fully saturated rings. The molecule has 1 aromatic carbocycles. The number of imide groups is 1. The zero-order chi connectivity index (χ0) is 15.1. The van der Waals surface area contributed by atoms with Crippen molar-refractivity contribution in [3.8, 4) is 5.75 Å². The fourth-order valence-electron chi connectivity index (χ4n) is 1.49. The molecule has 0 aromatic heterocycles. The van der Waals surface area contributed by atoms with Gasteiger partial charge in [0, 0.05) is 13.0 Å². The van der Waals surface area contributed by atoms with E-state index in [1.54, 1.807) is 12.1 Å². The Labute approximate surface area is 116 Å². The summed E-state index contributed by atoms with van der Waals surface area (Å²) in [5.74, 6) is -1.13. The van der Waals surface area contributed by atoms with Gasteiger partial charge in [-0.1, -0.05) is 6.07 Å². The van der Waals surface area contributed by atoms with Crippen molar-refractivity contribution in [2.24, 2.45) is 0 Å². The number of benzene rings is 1. The molecule has 0 spiro atoms. The number of amides is 2. The van der Waals surface area contributed by atoms with Gasteiger partial charge in [0.1, 0.15) is 11.3 Å². The Hall–Kier alpha value is -2.63. The molecule has 2 amide bonds. The molecule has 0 radical (unpaired) electrons. The summed E-state index contributed by atoms with van der Waals surface area (Å²) in [5, 5.41) is 2.10. The number of nitrogens with one attached hydrogen (secondary N) is 1. The molecule has 1 N–H and O–H groups in total. The van der Waals surface area contributed by atoms with Gasteiger partial charge in [-0.15, -0.1) is 0 Å². The minimum absolute atomic E-state index is 0.254. The largest absolute Gasteiger partial charge is 0.496 e. The van der Waals surface area contributed by atoms with Crippen LogP contribution in [-0.2, 0) is 14.3 Å². The first-order valence-corrected chi connectivity index (χ1v) is 5.74. The van der Waals surface area contributed by atoms with E-state index in [9.17, 15) is 14.4 Å². The zero-order valence-corrected chi connectivity index (χ0v) is 11.4. The molecule has 0 unspecified atom stereocenters. The van der Waals surface area contributed by atoms with Gasteiger partial charge in [-0.05, 0) is 23.8 Å². The molecule has 1 aromatic rings. The lowest BCUT2D eigenvalue weighted by Gasteiger charge is -2.07. The molecule has 0 heterocycles. The number of ether oxygens (including phenoxy) is 2. The predicted octanol–water partition coefficient (Wildman–Crippen LogP) is 1.16. The zero-order valence-electron chi connectivity index (χ0n) is 11.4. The number of hydrogen-bond donors (Lipinski definition) is 1. The summed E-state index contributed by atoms with van der Waals surface area (Å²) in [5.41, 5.74) is 0.856. The van der Waals surface area contributed by atoms with Crippen LogP contribution in [-0.4, -0.2) is 32.0 Å². The molecular formula is C14H15NO5. The van der Waals surface area contributed by atoms with E-state index < -0.39 is 17.8 Å². The van der Waals surface area contributed by atoms with E-state index >= 15 is 0 Å². The number of methoxy groups -OCH3 is 2. The van der Waals surface area contributed by atoms with Crippen LogP contribution in [0.1, 0.15) is 22.8 Å². The highest BCUT2D eigenvalue weighted by Crippen LogP contribution is 2.21. The summed E-state index contributed by atoms with van der Waals surface area (Å²) in [6.45, 7) is 1.24. The summed E-state index contributed by atoms with van der Waals surface area (Å²) < 4.78 is 9.70. The Bertz CT molecular complexity index is 563. The second-order valence-electron chi connectivity index (χ2n) is 3.83. The van der Waals surface area contributed by atoms with Crippen LogP contribution in [0.3, 0.4) is 0 Å². The Balaban J connectivity index is 2.97. The van der Waals surface area contributed by atoms with Crippen molar-refractivity contribution in [1.82, 2.24) is 5.32 Å². The molecule has 0 bridgehead atoms. The molecule has 0 saturated heterocycles. The van der Waals surface area contributed by atoms with Gasteiger partial charge in [0.15, 0.2) is 0 Å². The molecule has 0 aliphatic carbocycles. The van der Waals surface area contributed by atoms with Gasteiger partial charge in [-0.25, -0.2) is 4.79 Å². The first kappa shape index (κ1) is 15.4. The first-order valence-electron chi connectivity index (χ1n) is 5.74. The van der Waals surface area contributed by atoms with Gasteiger partial charge in [0.05, 0.1) is 14.2 Å². The second-order valence-corrected chi connectivity index (χ2v) is 3.83. The Kier molecular flexibility index (Phi) is 5.46. The number of rotatable bonds is 4. The van der Waals surface area contributed by atoms with Crippen LogP contribution in [0, 0.1) is 0 Å². The lowest BCUT2D eigenvalue weighted by molar-refractivity contribution is -0.126. The SMILES string of the molecule is COC(=O)c1cc(/C=C/C(=O)NC(C)=O)ccc1OC. The van der Waals surface area contributed by atoms with Gasteiger partial charge < -0.3 is 9.47 Å². The van der Waals surface area contributed by atoms with Gasteiger partial charge in [-0.2, -0.15) is 0 Å². The third-order valence-corrected chi connectivity index (χ3v) is 2.36. The topological polar surface area (TPSA) is 81.7 Å². The van der Waals surface area contributed by atoms with Crippen molar-refractivity contribution in [3.05, 3.63) is 35.4 Å². The van der Waals surface area contributed by atoms with Crippen molar-refractivity contribution in [2.45, 2.75) is 6.92 Å². The highest BCUT2D eigenvalue weighted by Gasteiger charge is 2.12. The van der Waals surface area contributed by atoms with Crippen LogP contribution in [0.4, 0.5) is 0 Å². The minimum atomic E-state index is -0.537. The smallest absolute Gasteiger partial charge is 0.341 e. The molecule has 106 valence electrons. The normalized spacial score (nSPS) is 10.2. The second kappa shape index (κ2) is 7.08. The van der Waals surface area contributed by atoms with Crippen molar-refractivity contribution in [1.29, 1.82) is 0 Å².